The fourth-order valence-corrected chi connectivity index (χ4v) is 2.39. The van der Waals surface area contributed by atoms with Crippen LogP contribution in [0.25, 0.3) is 0 Å². The number of rotatable bonds is 4. The fourth-order valence-electron chi connectivity index (χ4n) is 2.39. The van der Waals surface area contributed by atoms with Crippen molar-refractivity contribution in [2.75, 3.05) is 20.2 Å². The lowest BCUT2D eigenvalue weighted by Gasteiger charge is -2.22. The van der Waals surface area contributed by atoms with Crippen molar-refractivity contribution in [1.29, 1.82) is 0 Å². The number of hydrogen-bond donors (Lipinski definition) is 1. The molecule has 82 valence electrons. The molecule has 0 spiro atoms. The zero-order valence-electron chi connectivity index (χ0n) is 9.36. The van der Waals surface area contributed by atoms with Gasteiger partial charge in [0.2, 0.25) is 0 Å². The maximum absolute atomic E-state index is 11.0. The summed E-state index contributed by atoms with van der Waals surface area (Å²) >= 11 is 0. The number of Topliss-reactive ketones (excluding diaryl/α,β-unsaturated/α-hetero) is 1. The minimum atomic E-state index is 0.215. The second-order valence-electron chi connectivity index (χ2n) is 4.66. The Bertz CT molecular complexity index is 205. The molecule has 0 aliphatic heterocycles. The van der Waals surface area contributed by atoms with E-state index >= 15 is 0 Å². The number of carbonyl (C=O) groups is 1. The molecule has 3 nitrogen and oxygen atoms in total. The summed E-state index contributed by atoms with van der Waals surface area (Å²) in [5.41, 5.74) is 0. The van der Waals surface area contributed by atoms with Crippen LogP contribution >= 0.6 is 0 Å². The quantitative estimate of drug-likeness (QED) is 0.731. The van der Waals surface area contributed by atoms with E-state index in [-0.39, 0.29) is 12.4 Å². The van der Waals surface area contributed by atoms with Crippen LogP contribution in [0.3, 0.4) is 0 Å². The number of aliphatic hydroxyl groups excluding tert-OH is 1. The highest BCUT2D eigenvalue weighted by atomic mass is 16.3. The van der Waals surface area contributed by atoms with E-state index in [4.69, 9.17) is 5.11 Å². The Morgan fingerprint density at radius 2 is 2.14 bits per heavy atom. The highest BCUT2D eigenvalue weighted by Crippen LogP contribution is 2.33. The Kier molecular flexibility index (Phi) is 4.08. The molecule has 14 heavy (non-hydrogen) atoms. The van der Waals surface area contributed by atoms with Gasteiger partial charge in [-0.2, -0.15) is 0 Å². The van der Waals surface area contributed by atoms with Crippen LogP contribution < -0.4 is 0 Å². The normalized spacial score (nSPS) is 32.5. The van der Waals surface area contributed by atoms with Crippen molar-refractivity contribution in [3.63, 3.8) is 0 Å². The van der Waals surface area contributed by atoms with Crippen molar-refractivity contribution < 1.29 is 9.90 Å². The Labute approximate surface area is 86.1 Å². The van der Waals surface area contributed by atoms with Crippen molar-refractivity contribution in [3.05, 3.63) is 0 Å². The Morgan fingerprint density at radius 1 is 1.50 bits per heavy atom. The minimum Gasteiger partial charge on any atom is -0.396 e. The number of hydrogen-bond acceptors (Lipinski definition) is 3. The minimum absolute atomic E-state index is 0.215. The number of nitrogens with zero attached hydrogens (tertiary/aromatic N) is 1. The van der Waals surface area contributed by atoms with E-state index in [0.29, 0.717) is 24.4 Å². The predicted molar refractivity (Wildman–Crippen MR) is 56.1 cm³/mol. The lowest BCUT2D eigenvalue weighted by molar-refractivity contribution is -0.118. The average molecular weight is 199 g/mol. The highest BCUT2D eigenvalue weighted by Gasteiger charge is 2.32. The van der Waals surface area contributed by atoms with E-state index in [1.165, 1.54) is 0 Å². The van der Waals surface area contributed by atoms with Crippen LogP contribution in [-0.2, 0) is 4.79 Å². The van der Waals surface area contributed by atoms with E-state index in [9.17, 15) is 4.79 Å². The molecule has 0 heterocycles. The van der Waals surface area contributed by atoms with Gasteiger partial charge in [-0.05, 0) is 38.6 Å². The maximum Gasteiger partial charge on any atom is 0.143 e. The molecular formula is C11H21NO2. The molecule has 1 aliphatic carbocycles. The van der Waals surface area contributed by atoms with Crippen LogP contribution in [0, 0.1) is 11.8 Å². The standard InChI is InChI=1S/C11H21NO2/c1-8-4-11(5-10(8)7-13)12(3)6-9(2)14/h8,10-11,13H,4-7H2,1-3H3/t8-,10+,11-/m0/s1. The van der Waals surface area contributed by atoms with E-state index < -0.39 is 0 Å². The summed E-state index contributed by atoms with van der Waals surface area (Å²) in [6, 6.07) is 0.478. The van der Waals surface area contributed by atoms with E-state index in [1.807, 2.05) is 7.05 Å². The van der Waals surface area contributed by atoms with Gasteiger partial charge < -0.3 is 5.11 Å². The first kappa shape index (κ1) is 11.7. The molecule has 3 heteroatoms. The van der Waals surface area contributed by atoms with Crippen LogP contribution in [0.4, 0.5) is 0 Å². The SMILES string of the molecule is CC(=O)CN(C)[C@@H]1C[C@H](CO)[C@@H](C)C1. The Hall–Kier alpha value is -0.410. The van der Waals surface area contributed by atoms with Crippen molar-refractivity contribution in [2.24, 2.45) is 11.8 Å². The number of carbonyl (C=O) groups excluding carboxylic acids is 1. The summed E-state index contributed by atoms with van der Waals surface area (Å²) in [4.78, 5) is 13.1. The van der Waals surface area contributed by atoms with E-state index in [0.717, 1.165) is 12.8 Å². The molecule has 1 saturated carbocycles. The topological polar surface area (TPSA) is 40.5 Å². The summed E-state index contributed by atoms with van der Waals surface area (Å²) in [7, 11) is 2.00. The summed E-state index contributed by atoms with van der Waals surface area (Å²) in [5.74, 6) is 1.22. The molecule has 0 saturated heterocycles. The largest absolute Gasteiger partial charge is 0.396 e. The first-order valence-electron chi connectivity index (χ1n) is 5.35. The van der Waals surface area contributed by atoms with E-state index in [2.05, 4.69) is 11.8 Å². The monoisotopic (exact) mass is 199 g/mol. The molecule has 0 bridgehead atoms. The van der Waals surface area contributed by atoms with Crippen molar-refractivity contribution in [3.8, 4) is 0 Å². The Morgan fingerprint density at radius 3 is 2.57 bits per heavy atom. The second-order valence-corrected chi connectivity index (χ2v) is 4.66. The lowest BCUT2D eigenvalue weighted by Crippen LogP contribution is -2.33. The average Bonchev–Trinajstić information content (AvgIpc) is 2.45. The van der Waals surface area contributed by atoms with Crippen LogP contribution in [-0.4, -0.2) is 42.0 Å². The molecule has 0 aromatic rings. The summed E-state index contributed by atoms with van der Waals surface area (Å²) in [6.45, 7) is 4.63. The van der Waals surface area contributed by atoms with Gasteiger partial charge in [0.05, 0.1) is 6.54 Å². The molecule has 1 aliphatic rings. The van der Waals surface area contributed by atoms with Crippen molar-refractivity contribution >= 4 is 5.78 Å². The molecule has 0 aromatic heterocycles. The van der Waals surface area contributed by atoms with Gasteiger partial charge in [0.15, 0.2) is 0 Å². The molecule has 1 N–H and O–H groups in total. The van der Waals surface area contributed by atoms with Crippen LogP contribution in [0.5, 0.6) is 0 Å². The van der Waals surface area contributed by atoms with Crippen LogP contribution in [0.1, 0.15) is 26.7 Å². The first-order chi connectivity index (χ1) is 6.54. The number of likely N-dealkylation sites (N-methyl/N-ethyl adjacent to an activating group) is 1. The van der Waals surface area contributed by atoms with E-state index in [1.54, 1.807) is 6.92 Å². The van der Waals surface area contributed by atoms with Crippen LogP contribution in [0.2, 0.25) is 0 Å². The third-order valence-corrected chi connectivity index (χ3v) is 3.35. The van der Waals surface area contributed by atoms with Gasteiger partial charge in [-0.3, -0.25) is 9.69 Å². The van der Waals surface area contributed by atoms with Gasteiger partial charge in [-0.25, -0.2) is 0 Å². The second kappa shape index (κ2) is 4.89. The molecule has 1 fully saturated rings. The molecule has 0 amide bonds. The van der Waals surface area contributed by atoms with Gasteiger partial charge in [0.1, 0.15) is 5.78 Å². The molecule has 0 unspecified atom stereocenters. The molecule has 0 aromatic carbocycles. The van der Waals surface area contributed by atoms with Gasteiger partial charge in [0, 0.05) is 12.6 Å². The third kappa shape index (κ3) is 2.79. The zero-order valence-corrected chi connectivity index (χ0v) is 9.36. The maximum atomic E-state index is 11.0. The predicted octanol–water partition coefficient (Wildman–Crippen LogP) is 0.914. The summed E-state index contributed by atoms with van der Waals surface area (Å²) < 4.78 is 0. The van der Waals surface area contributed by atoms with Gasteiger partial charge in [-0.1, -0.05) is 6.92 Å². The molecule has 0 radical (unpaired) electrons. The number of ketones is 1. The molecule has 3 atom stereocenters. The molecular weight excluding hydrogens is 178 g/mol. The zero-order chi connectivity index (χ0) is 10.7. The third-order valence-electron chi connectivity index (χ3n) is 3.35. The van der Waals surface area contributed by atoms with Crippen LogP contribution in [0.15, 0.2) is 0 Å². The van der Waals surface area contributed by atoms with Crippen molar-refractivity contribution in [2.45, 2.75) is 32.7 Å². The van der Waals surface area contributed by atoms with Crippen molar-refractivity contribution in [1.82, 2.24) is 4.90 Å². The smallest absolute Gasteiger partial charge is 0.143 e. The fraction of sp³-hybridized carbons (Fsp3) is 0.909. The number of aliphatic hydroxyl groups is 1. The molecule has 1 rings (SSSR count). The summed E-state index contributed by atoms with van der Waals surface area (Å²) in [6.07, 6.45) is 2.14. The lowest BCUT2D eigenvalue weighted by atomic mass is 10.00. The first-order valence-corrected chi connectivity index (χ1v) is 5.35. The van der Waals surface area contributed by atoms with Gasteiger partial charge in [-0.15, -0.1) is 0 Å². The Balaban J connectivity index is 2.43. The van der Waals surface area contributed by atoms with Gasteiger partial charge >= 0.3 is 0 Å². The summed E-state index contributed by atoms with van der Waals surface area (Å²) in [5, 5.41) is 9.13. The highest BCUT2D eigenvalue weighted by molar-refractivity contribution is 5.77. The van der Waals surface area contributed by atoms with Gasteiger partial charge in [0.25, 0.3) is 0 Å².